The average molecular weight is 262 g/mol. The minimum atomic E-state index is 0.246. The Morgan fingerprint density at radius 2 is 2.19 bits per heavy atom. The van der Waals surface area contributed by atoms with Crippen LogP contribution in [0.15, 0.2) is 0 Å². The van der Waals surface area contributed by atoms with Crippen LogP contribution in [-0.2, 0) is 4.79 Å². The van der Waals surface area contributed by atoms with Crippen molar-refractivity contribution in [2.75, 3.05) is 18.2 Å². The molecular weight excluding hydrogens is 242 g/mol. The lowest BCUT2D eigenvalue weighted by molar-refractivity contribution is -0.134. The van der Waals surface area contributed by atoms with Crippen LogP contribution in [0, 0.1) is 0 Å². The van der Waals surface area contributed by atoms with Gasteiger partial charge in [0.1, 0.15) is 0 Å². The molecule has 1 amide bonds. The molecule has 0 saturated carbocycles. The molecule has 2 fully saturated rings. The standard InChI is InChI=1S/C12H20ClNOS/c13-7-6-10-4-1-2-8-14(10)12(15)11-5-3-9-16-11/h10-11H,1-9H2. The maximum Gasteiger partial charge on any atom is 0.235 e. The Morgan fingerprint density at radius 3 is 2.88 bits per heavy atom. The van der Waals surface area contributed by atoms with E-state index in [1.165, 1.54) is 19.3 Å². The van der Waals surface area contributed by atoms with Crippen molar-refractivity contribution < 1.29 is 4.79 Å². The van der Waals surface area contributed by atoms with Crippen LogP contribution in [0.25, 0.3) is 0 Å². The Hall–Kier alpha value is 0.110. The Labute approximate surface area is 107 Å². The summed E-state index contributed by atoms with van der Waals surface area (Å²) in [6.07, 6.45) is 6.81. The number of nitrogens with zero attached hydrogens (tertiary/aromatic N) is 1. The van der Waals surface area contributed by atoms with Crippen molar-refractivity contribution in [3.8, 4) is 0 Å². The van der Waals surface area contributed by atoms with Crippen molar-refractivity contribution in [1.29, 1.82) is 0 Å². The summed E-state index contributed by atoms with van der Waals surface area (Å²) in [5, 5.41) is 0.246. The summed E-state index contributed by atoms with van der Waals surface area (Å²) >= 11 is 7.66. The Bertz CT molecular complexity index is 241. The van der Waals surface area contributed by atoms with Gasteiger partial charge in [0, 0.05) is 18.5 Å². The van der Waals surface area contributed by atoms with Gasteiger partial charge in [-0.1, -0.05) is 0 Å². The van der Waals surface area contributed by atoms with Crippen molar-refractivity contribution in [3.05, 3.63) is 0 Å². The molecule has 2 aliphatic heterocycles. The zero-order chi connectivity index (χ0) is 11.4. The molecule has 0 radical (unpaired) electrons. The number of alkyl halides is 1. The number of halogens is 1. The van der Waals surface area contributed by atoms with E-state index in [-0.39, 0.29) is 5.25 Å². The van der Waals surface area contributed by atoms with Gasteiger partial charge in [0.05, 0.1) is 5.25 Å². The first-order chi connectivity index (χ1) is 7.83. The van der Waals surface area contributed by atoms with Crippen molar-refractivity contribution in [2.45, 2.75) is 49.8 Å². The summed E-state index contributed by atoms with van der Waals surface area (Å²) in [6.45, 7) is 0.956. The van der Waals surface area contributed by atoms with Crippen LogP contribution in [0.5, 0.6) is 0 Å². The molecule has 0 spiro atoms. The van der Waals surface area contributed by atoms with E-state index >= 15 is 0 Å². The number of amides is 1. The monoisotopic (exact) mass is 261 g/mol. The summed E-state index contributed by atoms with van der Waals surface area (Å²) in [6, 6.07) is 0.417. The van der Waals surface area contributed by atoms with E-state index in [0.717, 1.165) is 31.6 Å². The molecule has 16 heavy (non-hydrogen) atoms. The zero-order valence-corrected chi connectivity index (χ0v) is 11.2. The average Bonchev–Trinajstić information content (AvgIpc) is 2.83. The summed E-state index contributed by atoms with van der Waals surface area (Å²) in [4.78, 5) is 14.5. The summed E-state index contributed by atoms with van der Waals surface area (Å²) in [7, 11) is 0. The van der Waals surface area contributed by atoms with Gasteiger partial charge in [-0.3, -0.25) is 4.79 Å². The second-order valence-corrected chi connectivity index (χ2v) is 6.35. The van der Waals surface area contributed by atoms with E-state index in [9.17, 15) is 4.79 Å². The normalized spacial score (nSPS) is 30.7. The van der Waals surface area contributed by atoms with Gasteiger partial charge in [-0.25, -0.2) is 0 Å². The fraction of sp³-hybridized carbons (Fsp3) is 0.917. The lowest BCUT2D eigenvalue weighted by Crippen LogP contribution is -2.47. The SMILES string of the molecule is O=C(C1CCCS1)N1CCCCC1CCCl. The number of hydrogen-bond acceptors (Lipinski definition) is 2. The first-order valence-electron chi connectivity index (χ1n) is 6.31. The van der Waals surface area contributed by atoms with Crippen LogP contribution < -0.4 is 0 Å². The number of thioether (sulfide) groups is 1. The molecule has 4 heteroatoms. The molecule has 0 aromatic carbocycles. The van der Waals surface area contributed by atoms with Crippen molar-refractivity contribution in [3.63, 3.8) is 0 Å². The van der Waals surface area contributed by atoms with Crippen LogP contribution in [0.2, 0.25) is 0 Å². The summed E-state index contributed by atoms with van der Waals surface area (Å²) in [5.74, 6) is 2.22. The summed E-state index contributed by atoms with van der Waals surface area (Å²) < 4.78 is 0. The van der Waals surface area contributed by atoms with Crippen LogP contribution in [-0.4, -0.2) is 40.3 Å². The highest BCUT2D eigenvalue weighted by Gasteiger charge is 2.32. The van der Waals surface area contributed by atoms with E-state index in [1.54, 1.807) is 0 Å². The first kappa shape index (κ1) is 12.6. The fourth-order valence-electron chi connectivity index (χ4n) is 2.67. The van der Waals surface area contributed by atoms with E-state index < -0.39 is 0 Å². The Balaban J connectivity index is 1.95. The molecule has 0 N–H and O–H groups in total. The minimum absolute atomic E-state index is 0.246. The maximum atomic E-state index is 12.3. The van der Waals surface area contributed by atoms with Gasteiger partial charge in [-0.15, -0.1) is 23.4 Å². The smallest absolute Gasteiger partial charge is 0.235 e. The Kier molecular flexibility index (Phi) is 4.83. The third-order valence-corrected chi connectivity index (χ3v) is 5.14. The molecule has 2 rings (SSSR count). The fourth-order valence-corrected chi connectivity index (χ4v) is 4.16. The van der Waals surface area contributed by atoms with E-state index in [4.69, 9.17) is 11.6 Å². The van der Waals surface area contributed by atoms with Crippen molar-refractivity contribution in [2.24, 2.45) is 0 Å². The second kappa shape index (κ2) is 6.15. The molecule has 2 nitrogen and oxygen atoms in total. The van der Waals surface area contributed by atoms with Crippen LogP contribution in [0.3, 0.4) is 0 Å². The van der Waals surface area contributed by atoms with Gasteiger partial charge in [-0.05, 0) is 44.3 Å². The first-order valence-corrected chi connectivity index (χ1v) is 7.89. The topological polar surface area (TPSA) is 20.3 Å². The van der Waals surface area contributed by atoms with E-state index in [2.05, 4.69) is 4.90 Å². The quantitative estimate of drug-likeness (QED) is 0.728. The van der Waals surface area contributed by atoms with Gasteiger partial charge in [0.15, 0.2) is 0 Å². The number of piperidine rings is 1. The van der Waals surface area contributed by atoms with E-state index in [1.807, 2.05) is 11.8 Å². The molecule has 92 valence electrons. The third kappa shape index (κ3) is 2.86. The van der Waals surface area contributed by atoms with Gasteiger partial charge >= 0.3 is 0 Å². The lowest BCUT2D eigenvalue weighted by Gasteiger charge is -2.37. The highest BCUT2D eigenvalue weighted by Crippen LogP contribution is 2.30. The molecule has 2 heterocycles. The van der Waals surface area contributed by atoms with Gasteiger partial charge in [0.25, 0.3) is 0 Å². The van der Waals surface area contributed by atoms with Gasteiger partial charge in [0.2, 0.25) is 5.91 Å². The molecule has 0 aliphatic carbocycles. The van der Waals surface area contributed by atoms with Crippen LogP contribution >= 0.6 is 23.4 Å². The van der Waals surface area contributed by atoms with E-state index in [0.29, 0.717) is 17.8 Å². The number of likely N-dealkylation sites (tertiary alicyclic amines) is 1. The molecule has 2 atom stereocenters. The molecule has 2 aliphatic rings. The number of rotatable bonds is 3. The zero-order valence-electron chi connectivity index (χ0n) is 9.66. The van der Waals surface area contributed by atoms with Crippen molar-refractivity contribution in [1.82, 2.24) is 4.90 Å². The molecular formula is C12H20ClNOS. The summed E-state index contributed by atoms with van der Waals surface area (Å²) in [5.41, 5.74) is 0. The number of carbonyl (C=O) groups is 1. The third-order valence-electron chi connectivity index (χ3n) is 3.56. The van der Waals surface area contributed by atoms with Gasteiger partial charge in [-0.2, -0.15) is 0 Å². The molecule has 2 saturated heterocycles. The van der Waals surface area contributed by atoms with Crippen LogP contribution in [0.1, 0.15) is 38.5 Å². The molecule has 0 aromatic rings. The largest absolute Gasteiger partial charge is 0.339 e. The maximum absolute atomic E-state index is 12.3. The van der Waals surface area contributed by atoms with Gasteiger partial charge < -0.3 is 4.90 Å². The number of carbonyl (C=O) groups excluding carboxylic acids is 1. The second-order valence-electron chi connectivity index (χ2n) is 4.66. The highest BCUT2D eigenvalue weighted by atomic mass is 35.5. The lowest BCUT2D eigenvalue weighted by atomic mass is 9.99. The predicted octanol–water partition coefficient (Wildman–Crippen LogP) is 2.89. The molecule has 0 aromatic heterocycles. The van der Waals surface area contributed by atoms with Crippen molar-refractivity contribution >= 4 is 29.3 Å². The minimum Gasteiger partial charge on any atom is -0.339 e. The number of hydrogen-bond donors (Lipinski definition) is 0. The molecule has 0 bridgehead atoms. The molecule has 2 unspecified atom stereocenters. The highest BCUT2D eigenvalue weighted by molar-refractivity contribution is 8.00. The predicted molar refractivity (Wildman–Crippen MR) is 70.2 cm³/mol. The van der Waals surface area contributed by atoms with Crippen LogP contribution in [0.4, 0.5) is 0 Å². The Morgan fingerprint density at radius 1 is 1.31 bits per heavy atom.